The Morgan fingerprint density at radius 3 is 2.81 bits per heavy atom. The summed E-state index contributed by atoms with van der Waals surface area (Å²) in [7, 11) is 0. The van der Waals surface area contributed by atoms with Crippen molar-refractivity contribution in [2.45, 2.75) is 6.54 Å². The third kappa shape index (κ3) is 4.10. The highest BCUT2D eigenvalue weighted by Crippen LogP contribution is 2.32. The van der Waals surface area contributed by atoms with Gasteiger partial charge in [-0.1, -0.05) is 29.8 Å². The highest BCUT2D eigenvalue weighted by Gasteiger charge is 2.09. The fraction of sp³-hybridized carbons (Fsp3) is 0.133. The van der Waals surface area contributed by atoms with Crippen molar-refractivity contribution in [2.75, 3.05) is 11.9 Å². The molecule has 0 saturated carbocycles. The molecule has 2 aromatic carbocycles. The van der Waals surface area contributed by atoms with Crippen molar-refractivity contribution >= 4 is 33.2 Å². The molecule has 6 heteroatoms. The second-order valence-electron chi connectivity index (χ2n) is 4.15. The van der Waals surface area contributed by atoms with E-state index in [9.17, 15) is 4.39 Å². The van der Waals surface area contributed by atoms with Gasteiger partial charge < -0.3 is 10.1 Å². The van der Waals surface area contributed by atoms with E-state index in [1.54, 1.807) is 6.07 Å². The molecule has 2 aromatic rings. The van der Waals surface area contributed by atoms with Gasteiger partial charge in [0.05, 0.1) is 10.7 Å². The van der Waals surface area contributed by atoms with Gasteiger partial charge in [0.2, 0.25) is 0 Å². The molecule has 0 saturated heterocycles. The third-order valence-electron chi connectivity index (χ3n) is 2.73. The maximum absolute atomic E-state index is 13.2. The Morgan fingerprint density at radius 2 is 2.10 bits per heavy atom. The summed E-state index contributed by atoms with van der Waals surface area (Å²) in [5.41, 5.74) is 1.48. The van der Waals surface area contributed by atoms with E-state index >= 15 is 0 Å². The summed E-state index contributed by atoms with van der Waals surface area (Å²) in [5.74, 6) is 0.219. The Balaban J connectivity index is 2.16. The van der Waals surface area contributed by atoms with E-state index in [1.807, 2.05) is 24.3 Å². The summed E-state index contributed by atoms with van der Waals surface area (Å²) in [6.45, 7) is 0.420. The molecular weight excluding hydrogens is 359 g/mol. The molecule has 0 aliphatic carbocycles. The Labute approximate surface area is 135 Å². The van der Waals surface area contributed by atoms with Gasteiger partial charge in [0, 0.05) is 16.6 Å². The van der Waals surface area contributed by atoms with Gasteiger partial charge >= 0.3 is 0 Å². The number of halogens is 3. The standard InChI is InChI=1S/C15H11BrClFN2O/c16-12-7-11(18)8-13(17)15(12)20-9-10-3-1-2-4-14(10)21-6-5-19/h1-4,7-8,20H,6,9H2. The van der Waals surface area contributed by atoms with Crippen LogP contribution >= 0.6 is 27.5 Å². The van der Waals surface area contributed by atoms with Crippen LogP contribution < -0.4 is 10.1 Å². The molecular formula is C15H11BrClFN2O. The number of benzene rings is 2. The molecule has 0 radical (unpaired) electrons. The molecule has 0 aliphatic rings. The third-order valence-corrected chi connectivity index (χ3v) is 3.65. The average Bonchev–Trinajstić information content (AvgIpc) is 2.45. The summed E-state index contributed by atoms with van der Waals surface area (Å²) < 4.78 is 19.1. The number of nitrogens with zero attached hydrogens (tertiary/aromatic N) is 1. The number of nitriles is 1. The minimum atomic E-state index is -0.407. The Kier molecular flexibility index (Phi) is 5.43. The van der Waals surface area contributed by atoms with E-state index in [0.29, 0.717) is 22.5 Å². The maximum atomic E-state index is 13.2. The van der Waals surface area contributed by atoms with Gasteiger partial charge in [-0.25, -0.2) is 4.39 Å². The predicted octanol–water partition coefficient (Wildman–Crippen LogP) is 4.76. The lowest BCUT2D eigenvalue weighted by Crippen LogP contribution is -2.04. The van der Waals surface area contributed by atoms with E-state index in [-0.39, 0.29) is 11.6 Å². The monoisotopic (exact) mass is 368 g/mol. The largest absolute Gasteiger partial charge is 0.478 e. The maximum Gasteiger partial charge on any atom is 0.174 e. The van der Waals surface area contributed by atoms with Crippen molar-refractivity contribution in [3.63, 3.8) is 0 Å². The highest BCUT2D eigenvalue weighted by molar-refractivity contribution is 9.10. The van der Waals surface area contributed by atoms with E-state index in [1.165, 1.54) is 12.1 Å². The Morgan fingerprint density at radius 1 is 1.33 bits per heavy atom. The van der Waals surface area contributed by atoms with Crippen LogP contribution in [0.1, 0.15) is 5.56 Å². The fourth-order valence-electron chi connectivity index (χ4n) is 1.80. The Bertz CT molecular complexity index is 665. The molecule has 0 unspecified atom stereocenters. The lowest BCUT2D eigenvalue weighted by molar-refractivity contribution is 0.364. The number of hydrogen-bond acceptors (Lipinski definition) is 3. The van der Waals surface area contributed by atoms with E-state index in [0.717, 1.165) is 5.56 Å². The fourth-order valence-corrected chi connectivity index (χ4v) is 2.75. The first-order chi connectivity index (χ1) is 10.1. The Hall–Kier alpha value is -1.77. The van der Waals surface area contributed by atoms with Gasteiger partial charge in [-0.05, 0) is 34.1 Å². The topological polar surface area (TPSA) is 45.0 Å². The molecule has 0 fully saturated rings. The lowest BCUT2D eigenvalue weighted by Gasteiger charge is -2.13. The molecule has 2 rings (SSSR count). The van der Waals surface area contributed by atoms with Crippen LogP contribution in [0.15, 0.2) is 40.9 Å². The molecule has 0 aliphatic heterocycles. The number of nitrogens with one attached hydrogen (secondary N) is 1. The first kappa shape index (κ1) is 15.6. The van der Waals surface area contributed by atoms with Crippen LogP contribution in [0.3, 0.4) is 0 Å². The van der Waals surface area contributed by atoms with Gasteiger partial charge in [-0.2, -0.15) is 5.26 Å². The molecule has 21 heavy (non-hydrogen) atoms. The zero-order valence-corrected chi connectivity index (χ0v) is 13.2. The van der Waals surface area contributed by atoms with Crippen molar-refractivity contribution in [3.05, 3.63) is 57.3 Å². The summed E-state index contributed by atoms with van der Waals surface area (Å²) in [6, 6.07) is 11.9. The van der Waals surface area contributed by atoms with Gasteiger partial charge in [0.15, 0.2) is 6.61 Å². The van der Waals surface area contributed by atoms with Crippen LogP contribution in [-0.2, 0) is 6.54 Å². The highest BCUT2D eigenvalue weighted by atomic mass is 79.9. The normalized spacial score (nSPS) is 10.0. The summed E-state index contributed by atoms with van der Waals surface area (Å²) >= 11 is 9.29. The minimum absolute atomic E-state index is 0.0159. The molecule has 3 nitrogen and oxygen atoms in total. The lowest BCUT2D eigenvalue weighted by atomic mass is 10.2. The molecule has 0 amide bonds. The van der Waals surface area contributed by atoms with Gasteiger partial charge in [-0.3, -0.25) is 0 Å². The van der Waals surface area contributed by atoms with Crippen molar-refractivity contribution in [1.82, 2.24) is 0 Å². The average molecular weight is 370 g/mol. The van der Waals surface area contributed by atoms with E-state index in [4.69, 9.17) is 21.6 Å². The van der Waals surface area contributed by atoms with Crippen LogP contribution in [0.5, 0.6) is 5.75 Å². The first-order valence-corrected chi connectivity index (χ1v) is 7.25. The molecule has 1 N–H and O–H groups in total. The van der Waals surface area contributed by atoms with Gasteiger partial charge in [0.25, 0.3) is 0 Å². The van der Waals surface area contributed by atoms with Crippen LogP contribution in [0, 0.1) is 17.1 Å². The van der Waals surface area contributed by atoms with Crippen molar-refractivity contribution in [3.8, 4) is 11.8 Å². The molecule has 108 valence electrons. The number of para-hydroxylation sites is 1. The molecule has 0 bridgehead atoms. The van der Waals surface area contributed by atoms with Crippen molar-refractivity contribution in [2.24, 2.45) is 0 Å². The molecule has 0 spiro atoms. The van der Waals surface area contributed by atoms with E-state index < -0.39 is 5.82 Å². The quantitative estimate of drug-likeness (QED) is 0.827. The number of anilines is 1. The van der Waals surface area contributed by atoms with Crippen molar-refractivity contribution < 1.29 is 9.13 Å². The van der Waals surface area contributed by atoms with Crippen molar-refractivity contribution in [1.29, 1.82) is 5.26 Å². The van der Waals surface area contributed by atoms with E-state index in [2.05, 4.69) is 21.2 Å². The first-order valence-electron chi connectivity index (χ1n) is 6.08. The summed E-state index contributed by atoms with van der Waals surface area (Å²) in [4.78, 5) is 0. The SMILES string of the molecule is N#CCOc1ccccc1CNc1c(Cl)cc(F)cc1Br. The zero-order valence-electron chi connectivity index (χ0n) is 10.9. The second-order valence-corrected chi connectivity index (χ2v) is 5.41. The zero-order chi connectivity index (χ0) is 15.2. The summed E-state index contributed by atoms with van der Waals surface area (Å²) in [6.07, 6.45) is 0. The van der Waals surface area contributed by atoms with Crippen LogP contribution in [-0.4, -0.2) is 6.61 Å². The summed E-state index contributed by atoms with van der Waals surface area (Å²) in [5, 5.41) is 12.0. The molecule has 0 heterocycles. The predicted molar refractivity (Wildman–Crippen MR) is 84.0 cm³/mol. The van der Waals surface area contributed by atoms with Crippen LogP contribution in [0.25, 0.3) is 0 Å². The van der Waals surface area contributed by atoms with Crippen LogP contribution in [0.2, 0.25) is 5.02 Å². The number of rotatable bonds is 5. The second kappa shape index (κ2) is 7.30. The minimum Gasteiger partial charge on any atom is -0.478 e. The molecule has 0 atom stereocenters. The molecule has 0 aromatic heterocycles. The smallest absolute Gasteiger partial charge is 0.174 e. The van der Waals surface area contributed by atoms with Gasteiger partial charge in [-0.15, -0.1) is 0 Å². The van der Waals surface area contributed by atoms with Crippen LogP contribution in [0.4, 0.5) is 10.1 Å². The number of hydrogen-bond donors (Lipinski definition) is 1. The van der Waals surface area contributed by atoms with Gasteiger partial charge in [0.1, 0.15) is 17.6 Å². The number of ether oxygens (including phenoxy) is 1.